The fraction of sp³-hybridized carbons (Fsp3) is 0.714. The van der Waals surface area contributed by atoms with E-state index in [4.69, 9.17) is 4.42 Å². The van der Waals surface area contributed by atoms with E-state index >= 15 is 0 Å². The van der Waals surface area contributed by atoms with Gasteiger partial charge in [-0.25, -0.2) is 8.42 Å². The van der Waals surface area contributed by atoms with Crippen LogP contribution in [0.4, 0.5) is 0 Å². The highest BCUT2D eigenvalue weighted by Gasteiger charge is 2.22. The van der Waals surface area contributed by atoms with Crippen LogP contribution < -0.4 is 5.32 Å². The Hall–Kier alpha value is -0.850. The molecule has 114 valence electrons. The molecule has 2 rings (SSSR count). The van der Waals surface area contributed by atoms with Gasteiger partial charge in [-0.3, -0.25) is 4.90 Å². The van der Waals surface area contributed by atoms with E-state index in [9.17, 15) is 8.42 Å². The minimum atomic E-state index is -2.80. The van der Waals surface area contributed by atoms with Crippen LogP contribution in [0.5, 0.6) is 0 Å². The molecular formula is C14H24N2O3S. The average molecular weight is 300 g/mol. The van der Waals surface area contributed by atoms with Gasteiger partial charge in [0.25, 0.3) is 0 Å². The Morgan fingerprint density at radius 3 is 2.70 bits per heavy atom. The third-order valence-electron chi connectivity index (χ3n) is 3.63. The molecule has 0 unspecified atom stereocenters. The molecule has 0 aromatic carbocycles. The molecule has 6 heteroatoms. The molecule has 0 spiro atoms. The van der Waals surface area contributed by atoms with E-state index in [1.54, 1.807) is 0 Å². The largest absolute Gasteiger partial charge is 0.465 e. The SMILES string of the molecule is CCCNCc1cc(CN2CCS(=O)(=O)CC2)c(C)o1. The second-order valence-corrected chi connectivity index (χ2v) is 7.70. The highest BCUT2D eigenvalue weighted by Crippen LogP contribution is 2.18. The lowest BCUT2D eigenvalue weighted by Crippen LogP contribution is -2.39. The smallest absolute Gasteiger partial charge is 0.152 e. The highest BCUT2D eigenvalue weighted by atomic mass is 32.2. The summed E-state index contributed by atoms with van der Waals surface area (Å²) < 4.78 is 28.6. The lowest BCUT2D eigenvalue weighted by Gasteiger charge is -2.26. The van der Waals surface area contributed by atoms with Crippen LogP contribution in [0.3, 0.4) is 0 Å². The van der Waals surface area contributed by atoms with Crippen molar-refractivity contribution in [3.05, 3.63) is 23.2 Å². The van der Waals surface area contributed by atoms with Crippen LogP contribution in [-0.4, -0.2) is 44.5 Å². The first kappa shape index (κ1) is 15.5. The van der Waals surface area contributed by atoms with Crippen LogP contribution in [0.25, 0.3) is 0 Å². The lowest BCUT2D eigenvalue weighted by atomic mass is 10.2. The van der Waals surface area contributed by atoms with E-state index in [1.165, 1.54) is 0 Å². The van der Waals surface area contributed by atoms with Gasteiger partial charge in [0.2, 0.25) is 0 Å². The summed E-state index contributed by atoms with van der Waals surface area (Å²) in [5.74, 6) is 2.44. The van der Waals surface area contributed by atoms with Gasteiger partial charge in [0.1, 0.15) is 11.5 Å². The molecule has 2 heterocycles. The zero-order chi connectivity index (χ0) is 14.6. The third-order valence-corrected chi connectivity index (χ3v) is 5.24. The molecular weight excluding hydrogens is 276 g/mol. The van der Waals surface area contributed by atoms with Gasteiger partial charge >= 0.3 is 0 Å². The van der Waals surface area contributed by atoms with Crippen molar-refractivity contribution in [2.75, 3.05) is 31.1 Å². The standard InChI is InChI=1S/C14H24N2O3S/c1-3-4-15-10-14-9-13(12(2)19-14)11-16-5-7-20(17,18)8-6-16/h9,15H,3-8,10-11H2,1-2H3. The molecule has 0 atom stereocenters. The highest BCUT2D eigenvalue weighted by molar-refractivity contribution is 7.91. The van der Waals surface area contributed by atoms with Crippen LogP contribution in [0.1, 0.15) is 30.4 Å². The predicted molar refractivity (Wildman–Crippen MR) is 79.4 cm³/mol. The molecule has 1 aromatic rings. The Labute approximate surface area is 121 Å². The average Bonchev–Trinajstić information content (AvgIpc) is 2.73. The summed E-state index contributed by atoms with van der Waals surface area (Å²) >= 11 is 0. The lowest BCUT2D eigenvalue weighted by molar-refractivity contribution is 0.285. The first-order chi connectivity index (χ1) is 9.50. The molecule has 1 aromatic heterocycles. The number of nitrogens with zero attached hydrogens (tertiary/aromatic N) is 1. The fourth-order valence-electron chi connectivity index (χ4n) is 2.37. The fourth-order valence-corrected chi connectivity index (χ4v) is 3.65. The van der Waals surface area contributed by atoms with E-state index in [2.05, 4.69) is 23.2 Å². The Bertz CT molecular complexity index is 523. The molecule has 0 aliphatic carbocycles. The van der Waals surface area contributed by atoms with Crippen LogP contribution in [0.15, 0.2) is 10.5 Å². The van der Waals surface area contributed by atoms with Crippen molar-refractivity contribution in [2.24, 2.45) is 0 Å². The summed E-state index contributed by atoms with van der Waals surface area (Å²) in [4.78, 5) is 2.18. The van der Waals surface area contributed by atoms with Gasteiger partial charge < -0.3 is 9.73 Å². The van der Waals surface area contributed by atoms with E-state index in [-0.39, 0.29) is 11.5 Å². The van der Waals surface area contributed by atoms with Crippen LogP contribution in [0, 0.1) is 6.92 Å². The summed E-state index contributed by atoms with van der Waals surface area (Å²) in [7, 11) is -2.80. The number of hydrogen-bond acceptors (Lipinski definition) is 5. The number of aryl methyl sites for hydroxylation is 1. The van der Waals surface area contributed by atoms with E-state index < -0.39 is 9.84 Å². The Morgan fingerprint density at radius 1 is 1.35 bits per heavy atom. The van der Waals surface area contributed by atoms with Gasteiger partial charge in [-0.2, -0.15) is 0 Å². The number of furan rings is 1. The zero-order valence-corrected chi connectivity index (χ0v) is 13.1. The van der Waals surface area contributed by atoms with Crippen molar-refractivity contribution in [2.45, 2.75) is 33.4 Å². The Morgan fingerprint density at radius 2 is 2.05 bits per heavy atom. The van der Waals surface area contributed by atoms with Gasteiger partial charge in [-0.1, -0.05) is 6.92 Å². The van der Waals surface area contributed by atoms with Crippen molar-refractivity contribution in [3.8, 4) is 0 Å². The predicted octanol–water partition coefficient (Wildman–Crippen LogP) is 1.32. The molecule has 0 amide bonds. The van der Waals surface area contributed by atoms with Gasteiger partial charge in [0.15, 0.2) is 9.84 Å². The maximum atomic E-state index is 11.4. The van der Waals surface area contributed by atoms with Crippen molar-refractivity contribution in [3.63, 3.8) is 0 Å². The van der Waals surface area contributed by atoms with Crippen LogP contribution in [0.2, 0.25) is 0 Å². The number of hydrogen-bond donors (Lipinski definition) is 1. The molecule has 0 bridgehead atoms. The van der Waals surface area contributed by atoms with Crippen molar-refractivity contribution in [1.29, 1.82) is 0 Å². The van der Waals surface area contributed by atoms with Gasteiger partial charge in [-0.05, 0) is 26.0 Å². The molecule has 1 N–H and O–H groups in total. The minimum absolute atomic E-state index is 0.273. The van der Waals surface area contributed by atoms with Crippen molar-refractivity contribution in [1.82, 2.24) is 10.2 Å². The Kier molecular flexibility index (Phi) is 5.23. The van der Waals surface area contributed by atoms with E-state index in [0.717, 1.165) is 43.1 Å². The second-order valence-electron chi connectivity index (χ2n) is 5.40. The quantitative estimate of drug-likeness (QED) is 0.803. The maximum Gasteiger partial charge on any atom is 0.152 e. The first-order valence-corrected chi connectivity index (χ1v) is 9.04. The summed E-state index contributed by atoms with van der Waals surface area (Å²) in [6.45, 7) is 7.86. The summed E-state index contributed by atoms with van der Waals surface area (Å²) in [6, 6.07) is 2.08. The molecule has 1 saturated heterocycles. The van der Waals surface area contributed by atoms with Gasteiger partial charge in [-0.15, -0.1) is 0 Å². The molecule has 0 radical (unpaired) electrons. The summed E-state index contributed by atoms with van der Waals surface area (Å²) in [6.07, 6.45) is 1.11. The van der Waals surface area contributed by atoms with Gasteiger partial charge in [0.05, 0.1) is 18.1 Å². The molecule has 20 heavy (non-hydrogen) atoms. The molecule has 0 saturated carbocycles. The van der Waals surface area contributed by atoms with Crippen molar-refractivity contribution < 1.29 is 12.8 Å². The first-order valence-electron chi connectivity index (χ1n) is 7.22. The topological polar surface area (TPSA) is 62.6 Å². The maximum absolute atomic E-state index is 11.4. The summed E-state index contributed by atoms with van der Waals surface area (Å²) in [5, 5.41) is 3.32. The summed E-state index contributed by atoms with van der Waals surface area (Å²) in [5.41, 5.74) is 1.16. The van der Waals surface area contributed by atoms with E-state index in [0.29, 0.717) is 13.1 Å². The molecule has 1 aliphatic heterocycles. The van der Waals surface area contributed by atoms with Gasteiger partial charge in [0, 0.05) is 25.2 Å². The third kappa shape index (κ3) is 4.33. The van der Waals surface area contributed by atoms with Crippen LogP contribution >= 0.6 is 0 Å². The second kappa shape index (κ2) is 6.74. The zero-order valence-electron chi connectivity index (χ0n) is 12.3. The van der Waals surface area contributed by atoms with Crippen LogP contribution in [-0.2, 0) is 22.9 Å². The molecule has 1 aliphatic rings. The Balaban J connectivity index is 1.89. The molecule has 5 nitrogen and oxygen atoms in total. The number of rotatable bonds is 6. The number of sulfone groups is 1. The monoisotopic (exact) mass is 300 g/mol. The van der Waals surface area contributed by atoms with Crippen molar-refractivity contribution >= 4 is 9.84 Å². The van der Waals surface area contributed by atoms with E-state index in [1.807, 2.05) is 6.92 Å². The molecule has 1 fully saturated rings. The minimum Gasteiger partial charge on any atom is -0.465 e. The number of nitrogens with one attached hydrogen (secondary N) is 1. The normalized spacial score (nSPS) is 19.3.